The van der Waals surface area contributed by atoms with E-state index < -0.39 is 0 Å². The van der Waals surface area contributed by atoms with Crippen molar-refractivity contribution in [2.75, 3.05) is 7.11 Å². The summed E-state index contributed by atoms with van der Waals surface area (Å²) in [4.78, 5) is 0. The molecule has 0 spiro atoms. The zero-order chi connectivity index (χ0) is 18.5. The number of methoxy groups -OCH3 is 1. The summed E-state index contributed by atoms with van der Waals surface area (Å²) < 4.78 is 5.22. The molecule has 0 bridgehead atoms. The topological polar surface area (TPSA) is 49.7 Å². The van der Waals surface area contributed by atoms with Crippen LogP contribution in [0.25, 0.3) is 5.57 Å². The molecule has 132 valence electrons. The number of hydrogen-bond acceptors (Lipinski definition) is 3. The van der Waals surface area contributed by atoms with E-state index in [0.717, 1.165) is 28.9 Å². The van der Waals surface area contributed by atoms with E-state index in [1.165, 1.54) is 11.1 Å². The van der Waals surface area contributed by atoms with Crippen molar-refractivity contribution in [1.29, 1.82) is 0 Å². The van der Waals surface area contributed by atoms with Crippen LogP contribution < -0.4 is 4.74 Å². The maximum absolute atomic E-state index is 9.61. The van der Waals surface area contributed by atoms with Gasteiger partial charge in [-0.25, -0.2) is 0 Å². The molecule has 0 aliphatic rings. The number of phenolic OH excluding ortho intramolecular Hbond substituents is 2. The molecule has 0 aromatic heterocycles. The zero-order valence-corrected chi connectivity index (χ0v) is 14.9. The van der Waals surface area contributed by atoms with E-state index in [0.29, 0.717) is 0 Å². The lowest BCUT2D eigenvalue weighted by molar-refractivity contribution is 0.414. The Labute approximate surface area is 153 Å². The summed E-state index contributed by atoms with van der Waals surface area (Å²) >= 11 is 0. The number of phenols is 2. The first-order chi connectivity index (χ1) is 12.6. The van der Waals surface area contributed by atoms with Gasteiger partial charge in [-0.15, -0.1) is 0 Å². The van der Waals surface area contributed by atoms with Crippen molar-refractivity contribution in [3.05, 3.63) is 95.1 Å². The molecule has 0 saturated carbocycles. The second-order valence-corrected chi connectivity index (χ2v) is 6.27. The van der Waals surface area contributed by atoms with Gasteiger partial charge in [-0.05, 0) is 72.0 Å². The maximum Gasteiger partial charge on any atom is 0.118 e. The van der Waals surface area contributed by atoms with E-state index in [2.05, 4.69) is 19.1 Å². The minimum Gasteiger partial charge on any atom is -0.508 e. The van der Waals surface area contributed by atoms with Crippen LogP contribution in [0.1, 0.15) is 23.6 Å². The van der Waals surface area contributed by atoms with Gasteiger partial charge in [-0.3, -0.25) is 0 Å². The SMILES string of the molecule is COc1ccc(CC(C)=C(c2ccc(O)cc2)c2ccc(O)cc2)cc1. The molecule has 3 aromatic carbocycles. The summed E-state index contributed by atoms with van der Waals surface area (Å²) in [5, 5.41) is 19.2. The molecule has 0 aliphatic heterocycles. The summed E-state index contributed by atoms with van der Waals surface area (Å²) in [6.45, 7) is 2.11. The number of benzene rings is 3. The lowest BCUT2D eigenvalue weighted by Gasteiger charge is -2.14. The summed E-state index contributed by atoms with van der Waals surface area (Å²) in [5.74, 6) is 1.32. The van der Waals surface area contributed by atoms with E-state index in [9.17, 15) is 10.2 Å². The molecule has 0 unspecified atom stereocenters. The Morgan fingerprint density at radius 2 is 1.19 bits per heavy atom. The van der Waals surface area contributed by atoms with Crippen LogP contribution in [0, 0.1) is 0 Å². The van der Waals surface area contributed by atoms with Crippen molar-refractivity contribution in [2.24, 2.45) is 0 Å². The van der Waals surface area contributed by atoms with Crippen molar-refractivity contribution in [1.82, 2.24) is 0 Å². The van der Waals surface area contributed by atoms with E-state index in [-0.39, 0.29) is 11.5 Å². The highest BCUT2D eigenvalue weighted by Crippen LogP contribution is 2.31. The van der Waals surface area contributed by atoms with Crippen LogP contribution >= 0.6 is 0 Å². The average molecular weight is 346 g/mol. The van der Waals surface area contributed by atoms with Crippen molar-refractivity contribution < 1.29 is 14.9 Å². The van der Waals surface area contributed by atoms with E-state index in [1.54, 1.807) is 31.4 Å². The largest absolute Gasteiger partial charge is 0.508 e. The molecule has 0 saturated heterocycles. The highest BCUT2D eigenvalue weighted by Gasteiger charge is 2.10. The molecule has 26 heavy (non-hydrogen) atoms. The first-order valence-electron chi connectivity index (χ1n) is 8.48. The standard InChI is InChI=1S/C23H22O3/c1-16(15-17-3-13-22(26-2)14-4-17)23(18-5-9-20(24)10-6-18)19-7-11-21(25)12-8-19/h3-14,24-25H,15H2,1-2H3. The van der Waals surface area contributed by atoms with Gasteiger partial charge in [-0.2, -0.15) is 0 Å². The molecule has 0 atom stereocenters. The molecule has 0 heterocycles. The molecule has 3 rings (SSSR count). The molecule has 0 radical (unpaired) electrons. The number of allylic oxidation sites excluding steroid dienone is 1. The van der Waals surface area contributed by atoms with Crippen LogP contribution in [-0.2, 0) is 6.42 Å². The van der Waals surface area contributed by atoms with E-state index in [4.69, 9.17) is 4.74 Å². The highest BCUT2D eigenvalue weighted by atomic mass is 16.5. The van der Waals surface area contributed by atoms with Gasteiger partial charge in [-0.1, -0.05) is 42.0 Å². The summed E-state index contributed by atoms with van der Waals surface area (Å²) in [5.41, 5.74) is 5.55. The first-order valence-corrected chi connectivity index (χ1v) is 8.48. The number of rotatable bonds is 5. The molecule has 3 nitrogen and oxygen atoms in total. The fourth-order valence-corrected chi connectivity index (χ4v) is 3.05. The van der Waals surface area contributed by atoms with Crippen molar-refractivity contribution >= 4 is 5.57 Å². The first kappa shape index (κ1) is 17.6. The van der Waals surface area contributed by atoms with Gasteiger partial charge in [0.2, 0.25) is 0 Å². The molecule has 0 amide bonds. The Bertz CT molecular complexity index is 842. The van der Waals surface area contributed by atoms with Gasteiger partial charge in [0.05, 0.1) is 7.11 Å². The van der Waals surface area contributed by atoms with Gasteiger partial charge in [0.25, 0.3) is 0 Å². The third-order valence-corrected chi connectivity index (χ3v) is 4.37. The van der Waals surface area contributed by atoms with Crippen LogP contribution in [0.4, 0.5) is 0 Å². The fourth-order valence-electron chi connectivity index (χ4n) is 3.05. The van der Waals surface area contributed by atoms with Crippen LogP contribution in [0.5, 0.6) is 17.2 Å². The second-order valence-electron chi connectivity index (χ2n) is 6.27. The Balaban J connectivity index is 2.03. The molecule has 0 aliphatic carbocycles. The van der Waals surface area contributed by atoms with Crippen LogP contribution in [0.15, 0.2) is 78.4 Å². The quantitative estimate of drug-likeness (QED) is 0.670. The zero-order valence-electron chi connectivity index (χ0n) is 14.9. The van der Waals surface area contributed by atoms with Crippen molar-refractivity contribution in [3.63, 3.8) is 0 Å². The van der Waals surface area contributed by atoms with Crippen LogP contribution in [0.3, 0.4) is 0 Å². The Hall–Kier alpha value is -3.20. The lowest BCUT2D eigenvalue weighted by Crippen LogP contribution is -1.96. The number of ether oxygens (including phenoxy) is 1. The predicted octanol–water partition coefficient (Wildman–Crippen LogP) is 5.17. The predicted molar refractivity (Wildman–Crippen MR) is 105 cm³/mol. The van der Waals surface area contributed by atoms with Crippen molar-refractivity contribution in [2.45, 2.75) is 13.3 Å². The van der Waals surface area contributed by atoms with E-state index in [1.807, 2.05) is 36.4 Å². The fraction of sp³-hybridized carbons (Fsp3) is 0.130. The second kappa shape index (κ2) is 7.79. The Kier molecular flexibility index (Phi) is 5.28. The molecule has 0 fully saturated rings. The maximum atomic E-state index is 9.61. The monoisotopic (exact) mass is 346 g/mol. The lowest BCUT2D eigenvalue weighted by atomic mass is 9.90. The van der Waals surface area contributed by atoms with Crippen LogP contribution in [-0.4, -0.2) is 17.3 Å². The summed E-state index contributed by atoms with van der Waals surface area (Å²) in [7, 11) is 1.66. The third-order valence-electron chi connectivity index (χ3n) is 4.37. The normalized spacial score (nSPS) is 10.4. The molecule has 3 heteroatoms. The smallest absolute Gasteiger partial charge is 0.118 e. The number of hydrogen-bond donors (Lipinski definition) is 2. The van der Waals surface area contributed by atoms with Gasteiger partial charge in [0.1, 0.15) is 17.2 Å². The van der Waals surface area contributed by atoms with Crippen LogP contribution in [0.2, 0.25) is 0 Å². The average Bonchev–Trinajstić information content (AvgIpc) is 2.66. The van der Waals surface area contributed by atoms with Gasteiger partial charge in [0, 0.05) is 0 Å². The van der Waals surface area contributed by atoms with Gasteiger partial charge >= 0.3 is 0 Å². The molecular formula is C23H22O3. The minimum absolute atomic E-state index is 0.242. The third kappa shape index (κ3) is 4.06. The molecule has 2 N–H and O–H groups in total. The van der Waals surface area contributed by atoms with Crippen molar-refractivity contribution in [3.8, 4) is 17.2 Å². The number of aromatic hydroxyl groups is 2. The molecular weight excluding hydrogens is 324 g/mol. The van der Waals surface area contributed by atoms with Gasteiger partial charge < -0.3 is 14.9 Å². The Morgan fingerprint density at radius 3 is 1.62 bits per heavy atom. The molecule has 3 aromatic rings. The summed E-state index contributed by atoms with van der Waals surface area (Å²) in [6, 6.07) is 22.5. The highest BCUT2D eigenvalue weighted by molar-refractivity contribution is 5.82. The van der Waals surface area contributed by atoms with Gasteiger partial charge in [0.15, 0.2) is 0 Å². The van der Waals surface area contributed by atoms with E-state index >= 15 is 0 Å². The Morgan fingerprint density at radius 1 is 0.731 bits per heavy atom. The summed E-state index contributed by atoms with van der Waals surface area (Å²) in [6.07, 6.45) is 0.793. The minimum atomic E-state index is 0.242.